The SMILES string of the molecule is CCC(C)(I)C(=O)OC(C)(C)C1C2CC3OC(=O)C1C3C2. The van der Waals surface area contributed by atoms with E-state index in [1.807, 2.05) is 27.7 Å². The highest BCUT2D eigenvalue weighted by molar-refractivity contribution is 14.1. The molecule has 118 valence electrons. The van der Waals surface area contributed by atoms with E-state index in [4.69, 9.17) is 9.47 Å². The van der Waals surface area contributed by atoms with Gasteiger partial charge in [0, 0.05) is 11.8 Å². The van der Waals surface area contributed by atoms with Gasteiger partial charge in [-0.2, -0.15) is 0 Å². The molecule has 21 heavy (non-hydrogen) atoms. The minimum absolute atomic E-state index is 0.0707. The zero-order chi connectivity index (χ0) is 15.6. The molecule has 3 aliphatic rings. The Morgan fingerprint density at radius 2 is 2.05 bits per heavy atom. The van der Waals surface area contributed by atoms with Crippen molar-refractivity contribution in [3.63, 3.8) is 0 Å². The molecule has 3 fully saturated rings. The maximum Gasteiger partial charge on any atom is 0.322 e. The van der Waals surface area contributed by atoms with E-state index in [2.05, 4.69) is 22.6 Å². The summed E-state index contributed by atoms with van der Waals surface area (Å²) in [6.07, 6.45) is 2.84. The summed E-state index contributed by atoms with van der Waals surface area (Å²) in [6, 6.07) is 0. The summed E-state index contributed by atoms with van der Waals surface area (Å²) in [4.78, 5) is 24.5. The molecular weight excluding hydrogens is 383 g/mol. The minimum Gasteiger partial charge on any atom is -0.462 e. The Hall–Kier alpha value is -0.330. The Kier molecular flexibility index (Phi) is 3.58. The van der Waals surface area contributed by atoms with E-state index in [1.54, 1.807) is 0 Å². The fourth-order valence-corrected chi connectivity index (χ4v) is 4.65. The lowest BCUT2D eigenvalue weighted by Gasteiger charge is -2.39. The van der Waals surface area contributed by atoms with Gasteiger partial charge in [-0.3, -0.25) is 9.59 Å². The lowest BCUT2D eigenvalue weighted by molar-refractivity contribution is -0.169. The highest BCUT2D eigenvalue weighted by Crippen LogP contribution is 2.61. The zero-order valence-corrected chi connectivity index (χ0v) is 15.2. The van der Waals surface area contributed by atoms with Gasteiger partial charge in [-0.15, -0.1) is 0 Å². The number of carbonyl (C=O) groups is 2. The van der Waals surface area contributed by atoms with Crippen molar-refractivity contribution in [1.29, 1.82) is 0 Å². The van der Waals surface area contributed by atoms with Crippen LogP contribution < -0.4 is 0 Å². The number of esters is 2. The van der Waals surface area contributed by atoms with Gasteiger partial charge in [0.1, 0.15) is 15.1 Å². The maximum absolute atomic E-state index is 12.4. The molecule has 1 saturated heterocycles. The fourth-order valence-electron chi connectivity index (χ4n) is 4.54. The first kappa shape index (κ1) is 15.6. The lowest BCUT2D eigenvalue weighted by atomic mass is 9.71. The molecule has 0 aromatic rings. The number of ether oxygens (including phenoxy) is 2. The first-order valence-electron chi connectivity index (χ1n) is 7.80. The van der Waals surface area contributed by atoms with Crippen LogP contribution in [-0.4, -0.2) is 27.1 Å². The summed E-state index contributed by atoms with van der Waals surface area (Å²) < 4.78 is 10.8. The summed E-state index contributed by atoms with van der Waals surface area (Å²) in [6.45, 7) is 7.79. The van der Waals surface area contributed by atoms with Crippen LogP contribution >= 0.6 is 22.6 Å². The van der Waals surface area contributed by atoms with E-state index in [0.717, 1.165) is 19.3 Å². The molecule has 6 unspecified atom stereocenters. The van der Waals surface area contributed by atoms with Crippen molar-refractivity contribution in [2.45, 2.75) is 62.1 Å². The third kappa shape index (κ3) is 2.30. The molecule has 0 spiro atoms. The molecule has 0 aromatic carbocycles. The predicted octanol–water partition coefficient (Wildman–Crippen LogP) is 3.11. The molecule has 0 N–H and O–H groups in total. The first-order valence-corrected chi connectivity index (χ1v) is 8.88. The van der Waals surface area contributed by atoms with Crippen molar-refractivity contribution in [2.75, 3.05) is 0 Å². The number of carbonyl (C=O) groups excluding carboxylic acids is 2. The molecule has 4 nitrogen and oxygen atoms in total. The monoisotopic (exact) mass is 406 g/mol. The van der Waals surface area contributed by atoms with Crippen molar-refractivity contribution >= 4 is 34.5 Å². The predicted molar refractivity (Wildman–Crippen MR) is 86.0 cm³/mol. The van der Waals surface area contributed by atoms with Crippen LogP contribution in [0.25, 0.3) is 0 Å². The molecule has 0 radical (unpaired) electrons. The van der Waals surface area contributed by atoms with Gasteiger partial charge in [0.2, 0.25) is 0 Å². The van der Waals surface area contributed by atoms with Crippen LogP contribution in [0.4, 0.5) is 0 Å². The second kappa shape index (κ2) is 4.83. The Morgan fingerprint density at radius 3 is 2.67 bits per heavy atom. The molecule has 0 aromatic heterocycles. The minimum atomic E-state index is -0.614. The van der Waals surface area contributed by atoms with Gasteiger partial charge in [0.25, 0.3) is 0 Å². The average molecular weight is 406 g/mol. The van der Waals surface area contributed by atoms with E-state index in [9.17, 15) is 9.59 Å². The molecule has 2 saturated carbocycles. The van der Waals surface area contributed by atoms with Gasteiger partial charge in [0.05, 0.1) is 5.92 Å². The van der Waals surface area contributed by atoms with E-state index in [0.29, 0.717) is 11.8 Å². The number of fused-ring (bicyclic) bond motifs is 1. The van der Waals surface area contributed by atoms with Crippen molar-refractivity contribution in [3.8, 4) is 0 Å². The topological polar surface area (TPSA) is 52.6 Å². The Labute approximate surface area is 139 Å². The van der Waals surface area contributed by atoms with Gasteiger partial charge in [-0.25, -0.2) is 0 Å². The van der Waals surface area contributed by atoms with E-state index in [1.165, 1.54) is 0 Å². The summed E-state index contributed by atoms with van der Waals surface area (Å²) in [5.41, 5.74) is -0.614. The third-order valence-electron chi connectivity index (χ3n) is 5.73. The van der Waals surface area contributed by atoms with E-state index >= 15 is 0 Å². The summed E-state index contributed by atoms with van der Waals surface area (Å²) >= 11 is 2.15. The van der Waals surface area contributed by atoms with Gasteiger partial charge >= 0.3 is 11.9 Å². The van der Waals surface area contributed by atoms with Crippen LogP contribution in [0.5, 0.6) is 0 Å². The fraction of sp³-hybridized carbons (Fsp3) is 0.875. The van der Waals surface area contributed by atoms with Crippen molar-refractivity contribution < 1.29 is 19.1 Å². The third-order valence-corrected chi connectivity index (χ3v) is 6.93. The second-order valence-corrected chi connectivity index (χ2v) is 9.85. The molecule has 2 aliphatic carbocycles. The van der Waals surface area contributed by atoms with Crippen molar-refractivity contribution in [2.24, 2.45) is 23.7 Å². The average Bonchev–Trinajstić information content (AvgIpc) is 2.98. The van der Waals surface area contributed by atoms with E-state index < -0.39 is 9.02 Å². The van der Waals surface area contributed by atoms with Crippen molar-refractivity contribution in [3.05, 3.63) is 0 Å². The number of rotatable bonds is 4. The summed E-state index contributed by atoms with van der Waals surface area (Å²) in [5.74, 6) is 0.567. The Bertz CT molecular complexity index is 483. The van der Waals surface area contributed by atoms with Crippen LogP contribution in [0.1, 0.15) is 47.0 Å². The van der Waals surface area contributed by atoms with Gasteiger partial charge in [-0.05, 0) is 46.0 Å². The number of halogens is 1. The highest BCUT2D eigenvalue weighted by Gasteiger charge is 2.66. The first-order chi connectivity index (χ1) is 9.67. The molecule has 3 rings (SSSR count). The second-order valence-electron chi connectivity index (χ2n) is 7.47. The molecular formula is C16H23IO4. The van der Waals surface area contributed by atoms with Crippen LogP contribution in [-0.2, 0) is 19.1 Å². The summed E-state index contributed by atoms with van der Waals surface area (Å²) in [5, 5.41) is 0. The smallest absolute Gasteiger partial charge is 0.322 e. The Morgan fingerprint density at radius 1 is 1.38 bits per heavy atom. The van der Waals surface area contributed by atoms with Crippen molar-refractivity contribution in [1.82, 2.24) is 0 Å². The molecule has 5 heteroatoms. The van der Waals surface area contributed by atoms with Gasteiger partial charge < -0.3 is 9.47 Å². The Balaban J connectivity index is 1.80. The lowest BCUT2D eigenvalue weighted by Crippen LogP contribution is -2.47. The molecule has 6 atom stereocenters. The van der Waals surface area contributed by atoms with Crippen LogP contribution in [0.2, 0.25) is 0 Å². The zero-order valence-electron chi connectivity index (χ0n) is 13.0. The quantitative estimate of drug-likeness (QED) is 0.409. The van der Waals surface area contributed by atoms with Gasteiger partial charge in [0.15, 0.2) is 0 Å². The van der Waals surface area contributed by atoms with Crippen LogP contribution in [0.3, 0.4) is 0 Å². The highest BCUT2D eigenvalue weighted by atomic mass is 127. The molecule has 2 bridgehead atoms. The van der Waals surface area contributed by atoms with Gasteiger partial charge in [-0.1, -0.05) is 29.5 Å². The standard InChI is InChI=1S/C16H23IO4/c1-5-16(4,17)14(19)21-15(2,3)12-8-6-9-10(7-8)20-13(18)11(9)12/h8-12H,5-7H2,1-4H3. The van der Waals surface area contributed by atoms with Crippen LogP contribution in [0.15, 0.2) is 0 Å². The number of hydrogen-bond donors (Lipinski definition) is 0. The molecule has 1 aliphatic heterocycles. The number of hydrogen-bond acceptors (Lipinski definition) is 4. The molecule has 0 amide bonds. The normalized spacial score (nSPS) is 40.0. The number of alkyl halides is 1. The largest absolute Gasteiger partial charge is 0.462 e. The van der Waals surface area contributed by atoms with Crippen LogP contribution in [0, 0.1) is 23.7 Å². The molecule has 1 heterocycles. The van der Waals surface area contributed by atoms with E-state index in [-0.39, 0.29) is 29.9 Å². The summed E-state index contributed by atoms with van der Waals surface area (Å²) in [7, 11) is 0. The maximum atomic E-state index is 12.4.